The van der Waals surface area contributed by atoms with Crippen LogP contribution in [0.4, 0.5) is 0 Å². The number of nitrogens with one attached hydrogen (secondary N) is 2. The van der Waals surface area contributed by atoms with E-state index >= 15 is 0 Å². The van der Waals surface area contributed by atoms with Crippen LogP contribution in [0.3, 0.4) is 0 Å². The van der Waals surface area contributed by atoms with Gasteiger partial charge in [-0.3, -0.25) is 4.79 Å². The molecule has 154 valence electrons. The predicted molar refractivity (Wildman–Crippen MR) is 125 cm³/mol. The topological polar surface area (TPSA) is 60.0 Å². The Morgan fingerprint density at radius 3 is 2.19 bits per heavy atom. The molecule has 0 fully saturated rings. The molecule has 0 aliphatic rings. The van der Waals surface area contributed by atoms with Crippen LogP contribution >= 0.6 is 24.0 Å². The second kappa shape index (κ2) is 14.7. The van der Waals surface area contributed by atoms with Gasteiger partial charge in [0.15, 0.2) is 5.96 Å². The summed E-state index contributed by atoms with van der Waals surface area (Å²) in [4.78, 5) is 20.6. The average Bonchev–Trinajstić information content (AvgIpc) is 2.65. The first kappa shape index (κ1) is 25.6. The Bertz CT molecular complexity index is 556. The lowest BCUT2D eigenvalue weighted by atomic mass is 10.1. The summed E-state index contributed by atoms with van der Waals surface area (Å²) in [7, 11) is 3.52. The SMILES string of the molecule is CCNC(=NCc1ccc(C(=O)N(C)C)cc1)NCCCN(CC)CC.I. The number of hydrogen-bond donors (Lipinski definition) is 2. The van der Waals surface area contributed by atoms with E-state index < -0.39 is 0 Å². The van der Waals surface area contributed by atoms with Crippen LogP contribution < -0.4 is 10.6 Å². The number of aliphatic imine (C=N–C) groups is 1. The summed E-state index contributed by atoms with van der Waals surface area (Å²) in [6.07, 6.45) is 1.09. The number of rotatable bonds is 10. The maximum atomic E-state index is 11.9. The van der Waals surface area contributed by atoms with Crippen LogP contribution in [0, 0.1) is 0 Å². The summed E-state index contributed by atoms with van der Waals surface area (Å²) >= 11 is 0. The fourth-order valence-corrected chi connectivity index (χ4v) is 2.57. The van der Waals surface area contributed by atoms with Gasteiger partial charge in [0.05, 0.1) is 6.54 Å². The number of hydrogen-bond acceptors (Lipinski definition) is 3. The molecule has 27 heavy (non-hydrogen) atoms. The van der Waals surface area contributed by atoms with E-state index in [0.29, 0.717) is 12.1 Å². The first-order valence-electron chi connectivity index (χ1n) is 9.56. The van der Waals surface area contributed by atoms with Crippen LogP contribution in [0.2, 0.25) is 0 Å². The molecular weight excluding hydrogens is 453 g/mol. The molecule has 0 aromatic heterocycles. The van der Waals surface area contributed by atoms with Crippen LogP contribution in [0.5, 0.6) is 0 Å². The zero-order valence-corrected chi connectivity index (χ0v) is 19.7. The molecule has 0 heterocycles. The molecule has 0 radical (unpaired) electrons. The van der Waals surface area contributed by atoms with Gasteiger partial charge in [-0.05, 0) is 50.7 Å². The smallest absolute Gasteiger partial charge is 0.253 e. The van der Waals surface area contributed by atoms with Crippen molar-refractivity contribution in [2.45, 2.75) is 33.7 Å². The van der Waals surface area contributed by atoms with Crippen molar-refractivity contribution in [3.05, 3.63) is 35.4 Å². The zero-order valence-electron chi connectivity index (χ0n) is 17.4. The minimum Gasteiger partial charge on any atom is -0.357 e. The summed E-state index contributed by atoms with van der Waals surface area (Å²) in [5.41, 5.74) is 1.78. The number of nitrogens with zero attached hydrogens (tertiary/aromatic N) is 3. The molecule has 1 aromatic carbocycles. The van der Waals surface area contributed by atoms with Crippen LogP contribution in [0.15, 0.2) is 29.3 Å². The highest BCUT2D eigenvalue weighted by Gasteiger charge is 2.07. The molecule has 1 rings (SSSR count). The Balaban J connectivity index is 0.00000676. The van der Waals surface area contributed by atoms with Crippen LogP contribution in [-0.2, 0) is 6.54 Å². The van der Waals surface area contributed by atoms with E-state index in [9.17, 15) is 4.79 Å². The van der Waals surface area contributed by atoms with Crippen molar-refractivity contribution in [3.8, 4) is 0 Å². The van der Waals surface area contributed by atoms with Gasteiger partial charge in [-0.25, -0.2) is 4.99 Å². The highest BCUT2D eigenvalue weighted by atomic mass is 127. The molecule has 0 bridgehead atoms. The van der Waals surface area contributed by atoms with Crippen molar-refractivity contribution in [2.24, 2.45) is 4.99 Å². The molecular formula is C20H36IN5O. The highest BCUT2D eigenvalue weighted by molar-refractivity contribution is 14.0. The standard InChI is InChI=1S/C20H35N5O.HI/c1-6-21-20(22-14-9-15-25(7-2)8-3)23-16-17-10-12-18(13-11-17)19(26)24(4)5;/h10-13H,6-9,14-16H2,1-5H3,(H2,21,22,23);1H. The van der Waals surface area contributed by atoms with Gasteiger partial charge in [0.1, 0.15) is 0 Å². The van der Waals surface area contributed by atoms with Gasteiger partial charge in [-0.1, -0.05) is 26.0 Å². The lowest BCUT2D eigenvalue weighted by molar-refractivity contribution is 0.0827. The second-order valence-corrected chi connectivity index (χ2v) is 6.40. The Hall–Kier alpha value is -1.35. The monoisotopic (exact) mass is 489 g/mol. The summed E-state index contributed by atoms with van der Waals surface area (Å²) in [5.74, 6) is 0.851. The van der Waals surface area contributed by atoms with Gasteiger partial charge in [-0.15, -0.1) is 24.0 Å². The molecule has 0 unspecified atom stereocenters. The first-order chi connectivity index (χ1) is 12.5. The summed E-state index contributed by atoms with van der Waals surface area (Å²) in [5, 5.41) is 6.67. The molecule has 0 saturated heterocycles. The average molecular weight is 489 g/mol. The maximum absolute atomic E-state index is 11.9. The molecule has 1 aromatic rings. The van der Waals surface area contributed by atoms with Gasteiger partial charge in [0.2, 0.25) is 0 Å². The second-order valence-electron chi connectivity index (χ2n) is 6.40. The number of halogens is 1. The number of carbonyl (C=O) groups excluding carboxylic acids is 1. The maximum Gasteiger partial charge on any atom is 0.253 e. The van der Waals surface area contributed by atoms with Crippen molar-refractivity contribution in [2.75, 3.05) is 46.8 Å². The van der Waals surface area contributed by atoms with E-state index in [-0.39, 0.29) is 29.9 Å². The zero-order chi connectivity index (χ0) is 19.4. The van der Waals surface area contributed by atoms with Crippen LogP contribution in [0.25, 0.3) is 0 Å². The fraction of sp³-hybridized carbons (Fsp3) is 0.600. The van der Waals surface area contributed by atoms with Gasteiger partial charge < -0.3 is 20.4 Å². The van der Waals surface area contributed by atoms with Crippen molar-refractivity contribution >= 4 is 35.8 Å². The van der Waals surface area contributed by atoms with Crippen LogP contribution in [0.1, 0.15) is 43.1 Å². The number of amides is 1. The van der Waals surface area contributed by atoms with Gasteiger partial charge in [0.25, 0.3) is 5.91 Å². The molecule has 0 aliphatic carbocycles. The Morgan fingerprint density at radius 2 is 1.67 bits per heavy atom. The Kier molecular flexibility index (Phi) is 13.9. The van der Waals surface area contributed by atoms with E-state index in [1.807, 2.05) is 24.3 Å². The summed E-state index contributed by atoms with van der Waals surface area (Å²) < 4.78 is 0. The summed E-state index contributed by atoms with van der Waals surface area (Å²) in [6, 6.07) is 7.64. The normalized spacial score (nSPS) is 11.1. The number of guanidine groups is 1. The number of benzene rings is 1. The van der Waals surface area contributed by atoms with Crippen molar-refractivity contribution in [1.29, 1.82) is 0 Å². The van der Waals surface area contributed by atoms with Gasteiger partial charge in [0, 0.05) is 32.7 Å². The van der Waals surface area contributed by atoms with Crippen molar-refractivity contribution in [3.63, 3.8) is 0 Å². The number of carbonyl (C=O) groups is 1. The highest BCUT2D eigenvalue weighted by Crippen LogP contribution is 2.07. The minimum absolute atomic E-state index is 0. The van der Waals surface area contributed by atoms with Crippen molar-refractivity contribution in [1.82, 2.24) is 20.4 Å². The van der Waals surface area contributed by atoms with Crippen molar-refractivity contribution < 1.29 is 4.79 Å². The first-order valence-corrected chi connectivity index (χ1v) is 9.56. The fourth-order valence-electron chi connectivity index (χ4n) is 2.57. The quantitative estimate of drug-likeness (QED) is 0.230. The molecule has 2 N–H and O–H groups in total. The molecule has 0 spiro atoms. The molecule has 0 saturated carbocycles. The molecule has 7 heteroatoms. The lowest BCUT2D eigenvalue weighted by Gasteiger charge is -2.18. The molecule has 6 nitrogen and oxygen atoms in total. The molecule has 0 atom stereocenters. The molecule has 0 aliphatic heterocycles. The molecule has 1 amide bonds. The van der Waals surface area contributed by atoms with E-state index in [1.165, 1.54) is 0 Å². The summed E-state index contributed by atoms with van der Waals surface area (Å²) in [6.45, 7) is 12.1. The third-order valence-corrected chi connectivity index (χ3v) is 4.21. The lowest BCUT2D eigenvalue weighted by Crippen LogP contribution is -2.38. The Labute approximate surface area is 181 Å². The van der Waals surface area contributed by atoms with E-state index in [1.54, 1.807) is 19.0 Å². The predicted octanol–water partition coefficient (Wildman–Crippen LogP) is 2.79. The van der Waals surface area contributed by atoms with Crippen LogP contribution in [-0.4, -0.2) is 68.5 Å². The largest absolute Gasteiger partial charge is 0.357 e. The van der Waals surface area contributed by atoms with Gasteiger partial charge in [-0.2, -0.15) is 0 Å². The third kappa shape index (κ3) is 9.95. The third-order valence-electron chi connectivity index (χ3n) is 4.21. The Morgan fingerprint density at radius 1 is 1.04 bits per heavy atom. The van der Waals surface area contributed by atoms with E-state index in [0.717, 1.165) is 50.7 Å². The van der Waals surface area contributed by atoms with E-state index in [2.05, 4.69) is 41.3 Å². The minimum atomic E-state index is 0. The van der Waals surface area contributed by atoms with Gasteiger partial charge >= 0.3 is 0 Å². The van der Waals surface area contributed by atoms with E-state index in [4.69, 9.17) is 0 Å².